The molecule has 4 nitrogen and oxygen atoms in total. The molecule has 1 fully saturated rings. The van der Waals surface area contributed by atoms with E-state index in [0.29, 0.717) is 11.1 Å². The number of rotatable bonds is 4. The Morgan fingerprint density at radius 3 is 2.75 bits per heavy atom. The number of hydrogen-bond donors (Lipinski definition) is 0. The van der Waals surface area contributed by atoms with E-state index in [9.17, 15) is 0 Å². The molecular formula is C19H18ClN3O. The first kappa shape index (κ1) is 15.5. The van der Waals surface area contributed by atoms with Gasteiger partial charge in [-0.2, -0.15) is 5.10 Å². The molecule has 1 aliphatic heterocycles. The van der Waals surface area contributed by atoms with Crippen LogP contribution in [-0.2, 0) is 11.2 Å². The van der Waals surface area contributed by atoms with Crippen molar-refractivity contribution in [3.8, 4) is 11.3 Å². The number of aromatic nitrogens is 3. The highest BCUT2D eigenvalue weighted by atomic mass is 35.5. The predicted molar refractivity (Wildman–Crippen MR) is 95.1 cm³/mol. The maximum Gasteiger partial charge on any atom is 0.102 e. The fraction of sp³-hybridized carbons (Fsp3) is 0.316. The summed E-state index contributed by atoms with van der Waals surface area (Å²) < 4.78 is 5.72. The summed E-state index contributed by atoms with van der Waals surface area (Å²) in [5, 5.41) is 11.8. The van der Waals surface area contributed by atoms with Crippen molar-refractivity contribution >= 4 is 22.4 Å². The van der Waals surface area contributed by atoms with Crippen LogP contribution < -0.4 is 0 Å². The van der Waals surface area contributed by atoms with Crippen LogP contribution in [0.5, 0.6) is 0 Å². The van der Waals surface area contributed by atoms with Crippen molar-refractivity contribution in [2.45, 2.75) is 31.8 Å². The van der Waals surface area contributed by atoms with E-state index in [1.807, 2.05) is 42.7 Å². The van der Waals surface area contributed by atoms with Gasteiger partial charge in [0.05, 0.1) is 11.8 Å². The van der Waals surface area contributed by atoms with E-state index in [1.54, 1.807) is 0 Å². The smallest absolute Gasteiger partial charge is 0.102 e. The molecule has 1 aromatic carbocycles. The second-order valence-electron chi connectivity index (χ2n) is 6.10. The highest BCUT2D eigenvalue weighted by Crippen LogP contribution is 2.29. The Morgan fingerprint density at radius 1 is 1.08 bits per heavy atom. The third-order valence-corrected chi connectivity index (χ3v) is 4.75. The fourth-order valence-corrected chi connectivity index (χ4v) is 3.35. The first-order chi connectivity index (χ1) is 11.8. The van der Waals surface area contributed by atoms with Gasteiger partial charge in [0.1, 0.15) is 5.69 Å². The quantitative estimate of drug-likeness (QED) is 0.704. The molecule has 0 amide bonds. The summed E-state index contributed by atoms with van der Waals surface area (Å²) in [5.74, 6) is 0. The Morgan fingerprint density at radius 2 is 1.96 bits per heavy atom. The minimum absolute atomic E-state index is 0.361. The third-order valence-electron chi connectivity index (χ3n) is 4.50. The van der Waals surface area contributed by atoms with Gasteiger partial charge in [0.15, 0.2) is 0 Å². The van der Waals surface area contributed by atoms with Crippen molar-refractivity contribution in [2.75, 3.05) is 6.61 Å². The number of pyridine rings is 1. The molecule has 0 N–H and O–H groups in total. The van der Waals surface area contributed by atoms with Crippen molar-refractivity contribution < 1.29 is 4.74 Å². The molecule has 5 heteroatoms. The van der Waals surface area contributed by atoms with Crippen LogP contribution in [0.3, 0.4) is 0 Å². The summed E-state index contributed by atoms with van der Waals surface area (Å²) in [6, 6.07) is 9.68. The molecule has 122 valence electrons. The van der Waals surface area contributed by atoms with E-state index in [1.165, 1.54) is 0 Å². The molecule has 0 bridgehead atoms. The van der Waals surface area contributed by atoms with Gasteiger partial charge in [-0.3, -0.25) is 4.98 Å². The van der Waals surface area contributed by atoms with Crippen molar-refractivity contribution in [1.82, 2.24) is 15.2 Å². The lowest BCUT2D eigenvalue weighted by Crippen LogP contribution is -2.08. The van der Waals surface area contributed by atoms with Crippen molar-refractivity contribution in [1.29, 1.82) is 0 Å². The number of benzene rings is 1. The van der Waals surface area contributed by atoms with Crippen LogP contribution in [0.25, 0.3) is 22.0 Å². The zero-order chi connectivity index (χ0) is 16.4. The van der Waals surface area contributed by atoms with Crippen molar-refractivity contribution in [3.63, 3.8) is 0 Å². The maximum atomic E-state index is 5.99. The van der Waals surface area contributed by atoms with E-state index in [2.05, 4.69) is 15.2 Å². The van der Waals surface area contributed by atoms with Crippen LogP contribution in [0.2, 0.25) is 5.02 Å². The zero-order valence-electron chi connectivity index (χ0n) is 13.3. The number of hydrogen-bond acceptors (Lipinski definition) is 4. The molecule has 3 aromatic rings. The molecular weight excluding hydrogens is 322 g/mol. The number of aryl methyl sites for hydroxylation is 1. The van der Waals surface area contributed by atoms with E-state index >= 15 is 0 Å². The van der Waals surface area contributed by atoms with E-state index in [4.69, 9.17) is 16.3 Å². The van der Waals surface area contributed by atoms with Gasteiger partial charge in [-0.25, -0.2) is 0 Å². The van der Waals surface area contributed by atoms with Gasteiger partial charge < -0.3 is 4.74 Å². The number of halogens is 1. The molecule has 0 saturated carbocycles. The average Bonchev–Trinajstić information content (AvgIpc) is 3.14. The van der Waals surface area contributed by atoms with Gasteiger partial charge in [-0.15, -0.1) is 5.10 Å². The Balaban J connectivity index is 1.70. The summed E-state index contributed by atoms with van der Waals surface area (Å²) in [7, 11) is 0. The standard InChI is InChI=1S/C19H18ClN3O/c20-14-5-3-13(4-6-14)19-17-12-21-10-9-16(17)18(22-23-19)8-7-15-2-1-11-24-15/h3-6,9-10,12,15H,1-2,7-8,11H2. The molecule has 2 aromatic heterocycles. The second kappa shape index (κ2) is 6.83. The van der Waals surface area contributed by atoms with Crippen molar-refractivity contribution in [2.24, 2.45) is 0 Å². The van der Waals surface area contributed by atoms with Crippen LogP contribution in [0.15, 0.2) is 42.7 Å². The summed E-state index contributed by atoms with van der Waals surface area (Å²) in [4.78, 5) is 4.28. The topological polar surface area (TPSA) is 47.9 Å². The third kappa shape index (κ3) is 3.12. The SMILES string of the molecule is Clc1ccc(-c2nnc(CCC3CCCO3)c3ccncc23)cc1. The van der Waals surface area contributed by atoms with Crippen LogP contribution in [0, 0.1) is 0 Å². The summed E-state index contributed by atoms with van der Waals surface area (Å²) >= 11 is 5.99. The van der Waals surface area contributed by atoms with Gasteiger partial charge in [-0.1, -0.05) is 23.7 Å². The van der Waals surface area contributed by atoms with Crippen molar-refractivity contribution in [3.05, 3.63) is 53.4 Å². The van der Waals surface area contributed by atoms with Gasteiger partial charge in [0.2, 0.25) is 0 Å². The van der Waals surface area contributed by atoms with Gasteiger partial charge >= 0.3 is 0 Å². The Kier molecular flexibility index (Phi) is 4.41. The highest BCUT2D eigenvalue weighted by Gasteiger charge is 2.17. The zero-order valence-corrected chi connectivity index (χ0v) is 14.0. The van der Waals surface area contributed by atoms with Crippen LogP contribution in [0.4, 0.5) is 0 Å². The Bertz CT molecular complexity index is 845. The normalized spacial score (nSPS) is 17.5. The summed E-state index contributed by atoms with van der Waals surface area (Å²) in [5.41, 5.74) is 2.85. The Hall–Kier alpha value is -2.04. The van der Waals surface area contributed by atoms with Gasteiger partial charge in [-0.05, 0) is 43.9 Å². The molecule has 3 heterocycles. The van der Waals surface area contributed by atoms with Crippen LogP contribution in [0.1, 0.15) is 25.0 Å². The minimum atomic E-state index is 0.361. The molecule has 1 saturated heterocycles. The van der Waals surface area contributed by atoms with E-state index in [-0.39, 0.29) is 0 Å². The first-order valence-corrected chi connectivity index (χ1v) is 8.66. The maximum absolute atomic E-state index is 5.99. The van der Waals surface area contributed by atoms with Gasteiger partial charge in [0.25, 0.3) is 0 Å². The summed E-state index contributed by atoms with van der Waals surface area (Å²) in [6.45, 7) is 0.885. The predicted octanol–water partition coefficient (Wildman–Crippen LogP) is 4.46. The van der Waals surface area contributed by atoms with Gasteiger partial charge in [0, 0.05) is 40.4 Å². The molecule has 24 heavy (non-hydrogen) atoms. The van der Waals surface area contributed by atoms with E-state index in [0.717, 1.165) is 60.0 Å². The molecule has 0 spiro atoms. The molecule has 1 aliphatic rings. The molecule has 0 radical (unpaired) electrons. The lowest BCUT2D eigenvalue weighted by atomic mass is 10.0. The lowest BCUT2D eigenvalue weighted by molar-refractivity contribution is 0.104. The lowest BCUT2D eigenvalue weighted by Gasteiger charge is -2.11. The van der Waals surface area contributed by atoms with Crippen LogP contribution >= 0.6 is 11.6 Å². The number of ether oxygens (including phenoxy) is 1. The second-order valence-corrected chi connectivity index (χ2v) is 6.53. The fourth-order valence-electron chi connectivity index (χ4n) is 3.23. The first-order valence-electron chi connectivity index (χ1n) is 8.28. The average molecular weight is 340 g/mol. The Labute approximate surface area is 145 Å². The van der Waals surface area contributed by atoms with Crippen LogP contribution in [-0.4, -0.2) is 27.9 Å². The molecule has 1 atom stereocenters. The monoisotopic (exact) mass is 339 g/mol. The number of nitrogens with zero attached hydrogens (tertiary/aromatic N) is 3. The van der Waals surface area contributed by atoms with E-state index < -0.39 is 0 Å². The summed E-state index contributed by atoms with van der Waals surface area (Å²) in [6.07, 6.45) is 8.21. The minimum Gasteiger partial charge on any atom is -0.378 e. The molecule has 1 unspecified atom stereocenters. The number of fused-ring (bicyclic) bond motifs is 1. The highest BCUT2D eigenvalue weighted by molar-refractivity contribution is 6.30. The molecule has 0 aliphatic carbocycles. The largest absolute Gasteiger partial charge is 0.378 e. The molecule has 4 rings (SSSR count).